The van der Waals surface area contributed by atoms with Crippen LogP contribution in [-0.2, 0) is 0 Å². The number of rotatable bonds is 8. The molecule has 10 aromatic rings. The van der Waals surface area contributed by atoms with Crippen molar-refractivity contribution in [3.05, 3.63) is 218 Å². The molecule has 0 aliphatic carbocycles. The standard InChI is InChI=1S/C53H38N4/c1-37-34-42(38-26-28-40(29-27-38)49-36-48(39-16-6-2-7-17-39)54-53(55-49)41-18-8-3-9-19-41)30-32-50(37)57-51-25-15-14-24-46(51)47-35-45(31-33-52(47)57)56(43-20-10-4-11-21-43)44-22-12-5-13-23-44/h2-36H,1H3. The van der Waals surface area contributed by atoms with Gasteiger partial charge in [0.1, 0.15) is 0 Å². The van der Waals surface area contributed by atoms with Gasteiger partial charge in [-0.3, -0.25) is 0 Å². The lowest BCUT2D eigenvalue weighted by atomic mass is 9.99. The Labute approximate surface area is 332 Å². The Morgan fingerprint density at radius 1 is 0.368 bits per heavy atom. The van der Waals surface area contributed by atoms with Gasteiger partial charge in [-0.15, -0.1) is 0 Å². The van der Waals surface area contributed by atoms with Gasteiger partial charge in [-0.1, -0.05) is 146 Å². The molecule has 0 radical (unpaired) electrons. The molecule has 0 saturated heterocycles. The van der Waals surface area contributed by atoms with Crippen molar-refractivity contribution in [2.24, 2.45) is 0 Å². The maximum atomic E-state index is 5.03. The minimum absolute atomic E-state index is 0.716. The molecule has 8 aromatic carbocycles. The lowest BCUT2D eigenvalue weighted by molar-refractivity contribution is 1.15. The van der Waals surface area contributed by atoms with E-state index in [1.165, 1.54) is 38.6 Å². The van der Waals surface area contributed by atoms with Crippen LogP contribution in [0.25, 0.3) is 72.5 Å². The molecule has 0 fully saturated rings. The third-order valence-electron chi connectivity index (χ3n) is 10.7. The fraction of sp³-hybridized carbons (Fsp3) is 0.0189. The van der Waals surface area contributed by atoms with Crippen molar-refractivity contribution in [1.29, 1.82) is 0 Å². The Morgan fingerprint density at radius 3 is 1.51 bits per heavy atom. The third kappa shape index (κ3) is 6.43. The first-order valence-electron chi connectivity index (χ1n) is 19.3. The summed E-state index contributed by atoms with van der Waals surface area (Å²) < 4.78 is 2.41. The topological polar surface area (TPSA) is 34.0 Å². The summed E-state index contributed by atoms with van der Waals surface area (Å²) in [7, 11) is 0. The minimum Gasteiger partial charge on any atom is -0.310 e. The predicted molar refractivity (Wildman–Crippen MR) is 238 cm³/mol. The first-order chi connectivity index (χ1) is 28.2. The molecule has 4 heteroatoms. The van der Waals surface area contributed by atoms with Gasteiger partial charge in [0.25, 0.3) is 0 Å². The van der Waals surface area contributed by atoms with E-state index in [-0.39, 0.29) is 0 Å². The molecule has 0 atom stereocenters. The van der Waals surface area contributed by atoms with Gasteiger partial charge in [-0.2, -0.15) is 0 Å². The van der Waals surface area contributed by atoms with Crippen LogP contribution < -0.4 is 4.90 Å². The second kappa shape index (κ2) is 14.6. The van der Waals surface area contributed by atoms with E-state index in [9.17, 15) is 0 Å². The monoisotopic (exact) mass is 730 g/mol. The highest BCUT2D eigenvalue weighted by Crippen LogP contribution is 2.40. The van der Waals surface area contributed by atoms with Crippen LogP contribution >= 0.6 is 0 Å². The molecule has 0 N–H and O–H groups in total. The molecule has 0 saturated carbocycles. The first-order valence-corrected chi connectivity index (χ1v) is 19.3. The van der Waals surface area contributed by atoms with Crippen molar-refractivity contribution in [2.75, 3.05) is 4.90 Å². The normalized spacial score (nSPS) is 11.2. The molecule has 2 aromatic heterocycles. The molecule has 57 heavy (non-hydrogen) atoms. The molecule has 0 bridgehead atoms. The number of nitrogens with zero attached hydrogens (tertiary/aromatic N) is 4. The summed E-state index contributed by atoms with van der Waals surface area (Å²) in [6.07, 6.45) is 0. The summed E-state index contributed by atoms with van der Waals surface area (Å²) in [6.45, 7) is 2.21. The summed E-state index contributed by atoms with van der Waals surface area (Å²) in [4.78, 5) is 12.3. The van der Waals surface area contributed by atoms with Crippen LogP contribution in [0, 0.1) is 6.92 Å². The fourth-order valence-electron chi connectivity index (χ4n) is 7.95. The van der Waals surface area contributed by atoms with Crippen LogP contribution in [0.2, 0.25) is 0 Å². The van der Waals surface area contributed by atoms with Crippen LogP contribution in [0.15, 0.2) is 212 Å². The van der Waals surface area contributed by atoms with E-state index < -0.39 is 0 Å². The minimum atomic E-state index is 0.716. The van der Waals surface area contributed by atoms with Crippen LogP contribution in [0.5, 0.6) is 0 Å². The van der Waals surface area contributed by atoms with Crippen molar-refractivity contribution in [3.63, 3.8) is 0 Å². The molecule has 270 valence electrons. The average molecular weight is 731 g/mol. The predicted octanol–water partition coefficient (Wildman–Crippen LogP) is 14.0. The van der Waals surface area contributed by atoms with Crippen molar-refractivity contribution >= 4 is 38.9 Å². The highest BCUT2D eigenvalue weighted by Gasteiger charge is 2.18. The number of fused-ring (bicyclic) bond motifs is 3. The maximum Gasteiger partial charge on any atom is 0.160 e. The number of hydrogen-bond acceptors (Lipinski definition) is 3. The van der Waals surface area contributed by atoms with E-state index in [1.54, 1.807) is 0 Å². The number of hydrogen-bond donors (Lipinski definition) is 0. The van der Waals surface area contributed by atoms with E-state index in [0.29, 0.717) is 5.82 Å². The zero-order valence-corrected chi connectivity index (χ0v) is 31.5. The number of aryl methyl sites for hydroxylation is 1. The van der Waals surface area contributed by atoms with E-state index in [4.69, 9.17) is 9.97 Å². The van der Waals surface area contributed by atoms with Crippen LogP contribution in [0.4, 0.5) is 17.1 Å². The van der Waals surface area contributed by atoms with Crippen LogP contribution in [-0.4, -0.2) is 14.5 Å². The molecule has 10 rings (SSSR count). The van der Waals surface area contributed by atoms with Gasteiger partial charge in [0.15, 0.2) is 5.82 Å². The van der Waals surface area contributed by atoms with E-state index in [2.05, 4.69) is 192 Å². The van der Waals surface area contributed by atoms with Crippen molar-refractivity contribution < 1.29 is 0 Å². The molecular weight excluding hydrogens is 693 g/mol. The van der Waals surface area contributed by atoms with Crippen molar-refractivity contribution in [1.82, 2.24) is 14.5 Å². The summed E-state index contributed by atoms with van der Waals surface area (Å²) in [6, 6.07) is 74.9. The van der Waals surface area contributed by atoms with Gasteiger partial charge in [0.2, 0.25) is 0 Å². The summed E-state index contributed by atoms with van der Waals surface area (Å²) in [5.41, 5.74) is 15.3. The molecule has 0 aliphatic rings. The van der Waals surface area contributed by atoms with E-state index in [0.717, 1.165) is 50.7 Å². The largest absolute Gasteiger partial charge is 0.310 e. The van der Waals surface area contributed by atoms with Gasteiger partial charge in [0.05, 0.1) is 22.4 Å². The Bertz CT molecular complexity index is 2890. The van der Waals surface area contributed by atoms with Gasteiger partial charge in [0, 0.05) is 50.2 Å². The molecule has 2 heterocycles. The fourth-order valence-corrected chi connectivity index (χ4v) is 7.95. The third-order valence-corrected chi connectivity index (χ3v) is 10.7. The Balaban J connectivity index is 1.01. The van der Waals surface area contributed by atoms with Crippen molar-refractivity contribution in [2.45, 2.75) is 6.92 Å². The van der Waals surface area contributed by atoms with Gasteiger partial charge in [-0.05, 0) is 90.3 Å². The second-order valence-electron chi connectivity index (χ2n) is 14.3. The molecule has 4 nitrogen and oxygen atoms in total. The summed E-state index contributed by atoms with van der Waals surface area (Å²) in [5, 5.41) is 2.44. The lowest BCUT2D eigenvalue weighted by Gasteiger charge is -2.25. The summed E-state index contributed by atoms with van der Waals surface area (Å²) >= 11 is 0. The van der Waals surface area contributed by atoms with Gasteiger partial charge >= 0.3 is 0 Å². The van der Waals surface area contributed by atoms with Crippen LogP contribution in [0.3, 0.4) is 0 Å². The smallest absolute Gasteiger partial charge is 0.160 e. The molecular formula is C53H38N4. The second-order valence-corrected chi connectivity index (χ2v) is 14.3. The SMILES string of the molecule is Cc1cc(-c2ccc(-c3cc(-c4ccccc4)nc(-c4ccccc4)n3)cc2)ccc1-n1c2ccccc2c2cc(N(c3ccccc3)c3ccccc3)ccc21. The quantitative estimate of drug-likeness (QED) is 0.156. The highest BCUT2D eigenvalue weighted by atomic mass is 15.1. The summed E-state index contributed by atoms with van der Waals surface area (Å²) in [5.74, 6) is 0.716. The maximum absolute atomic E-state index is 5.03. The number of aromatic nitrogens is 3. The van der Waals surface area contributed by atoms with Crippen LogP contribution in [0.1, 0.15) is 5.56 Å². The Morgan fingerprint density at radius 2 is 0.877 bits per heavy atom. The number of para-hydroxylation sites is 3. The molecule has 0 spiro atoms. The first kappa shape index (κ1) is 34.0. The number of benzene rings is 8. The number of anilines is 3. The van der Waals surface area contributed by atoms with Gasteiger partial charge in [-0.25, -0.2) is 9.97 Å². The Kier molecular flexibility index (Phi) is 8.69. The zero-order valence-electron chi connectivity index (χ0n) is 31.5. The van der Waals surface area contributed by atoms with Crippen molar-refractivity contribution in [3.8, 4) is 50.7 Å². The zero-order chi connectivity index (χ0) is 38.1. The Hall–Kier alpha value is -7.56. The molecule has 0 unspecified atom stereocenters. The average Bonchev–Trinajstić information content (AvgIpc) is 3.61. The molecule has 0 amide bonds. The highest BCUT2D eigenvalue weighted by molar-refractivity contribution is 6.10. The van der Waals surface area contributed by atoms with E-state index >= 15 is 0 Å². The lowest BCUT2D eigenvalue weighted by Crippen LogP contribution is -2.09. The molecule has 0 aliphatic heterocycles. The van der Waals surface area contributed by atoms with Gasteiger partial charge < -0.3 is 9.47 Å². The van der Waals surface area contributed by atoms with E-state index in [1.807, 2.05) is 36.4 Å².